The first kappa shape index (κ1) is 10.4. The first-order valence-electron chi connectivity index (χ1n) is 3.93. The van der Waals surface area contributed by atoms with Gasteiger partial charge in [-0.2, -0.15) is 4.37 Å². The largest absolute Gasteiger partial charge is 0.382 e. The molecule has 0 aliphatic rings. The highest BCUT2D eigenvalue weighted by Gasteiger charge is 2.08. The first-order valence-corrected chi connectivity index (χ1v) is 5.93. The fourth-order valence-corrected chi connectivity index (χ4v) is 2.46. The minimum atomic E-state index is 0.624. The van der Waals surface area contributed by atoms with Gasteiger partial charge in [-0.05, 0) is 24.2 Å². The Hall–Kier alpha value is -0.680. The second-order valence-electron chi connectivity index (χ2n) is 2.43. The second-order valence-corrected chi connectivity index (χ2v) is 4.02. The van der Waals surface area contributed by atoms with E-state index in [4.69, 9.17) is 5.73 Å². The molecule has 1 aromatic rings. The molecule has 13 heavy (non-hydrogen) atoms. The number of aromatic nitrogens is 1. The van der Waals surface area contributed by atoms with Crippen molar-refractivity contribution in [2.75, 3.05) is 23.9 Å². The minimum Gasteiger partial charge on any atom is -0.382 e. The molecule has 0 aromatic carbocycles. The molecule has 0 bridgehead atoms. The molecule has 3 N–H and O–H groups in total. The maximum atomic E-state index is 5.67. The second kappa shape index (κ2) is 5.14. The Bertz CT molecular complexity index is 283. The predicted octanol–water partition coefficient (Wildman–Crippen LogP) is 2.44. The summed E-state index contributed by atoms with van der Waals surface area (Å²) < 4.78 is 4.08. The van der Waals surface area contributed by atoms with Crippen LogP contribution in [0.4, 0.5) is 10.8 Å². The normalized spacial score (nSPS) is 9.92. The minimum absolute atomic E-state index is 0.624. The molecule has 0 spiro atoms. The van der Waals surface area contributed by atoms with E-state index in [-0.39, 0.29) is 0 Å². The van der Waals surface area contributed by atoms with Gasteiger partial charge in [-0.25, -0.2) is 0 Å². The van der Waals surface area contributed by atoms with Crippen LogP contribution in [0, 0.1) is 0 Å². The van der Waals surface area contributed by atoms with Crippen molar-refractivity contribution in [1.29, 1.82) is 0 Å². The summed E-state index contributed by atoms with van der Waals surface area (Å²) in [5.74, 6) is 0.624. The smallest absolute Gasteiger partial charge is 0.153 e. The molecule has 0 saturated heterocycles. The van der Waals surface area contributed by atoms with Crippen molar-refractivity contribution >= 4 is 34.1 Å². The molecule has 0 aliphatic carbocycles. The van der Waals surface area contributed by atoms with E-state index in [1.54, 1.807) is 11.8 Å². The zero-order valence-corrected chi connectivity index (χ0v) is 9.17. The summed E-state index contributed by atoms with van der Waals surface area (Å²) >= 11 is 3.03. The van der Waals surface area contributed by atoms with Gasteiger partial charge in [0.05, 0.1) is 4.90 Å². The number of rotatable bonds is 5. The molecule has 3 nitrogen and oxygen atoms in total. The molecule has 0 unspecified atom stereocenters. The Morgan fingerprint density at radius 2 is 2.54 bits per heavy atom. The van der Waals surface area contributed by atoms with Gasteiger partial charge in [0.2, 0.25) is 0 Å². The lowest BCUT2D eigenvalue weighted by Gasteiger charge is -2.02. The molecule has 5 heteroatoms. The highest BCUT2D eigenvalue weighted by atomic mass is 32.2. The molecule has 0 aliphatic heterocycles. The van der Waals surface area contributed by atoms with Gasteiger partial charge in [0, 0.05) is 6.54 Å². The SMILES string of the molecule is C=CCCNc1snc(N)c1SC. The summed E-state index contributed by atoms with van der Waals surface area (Å²) in [5, 5.41) is 4.33. The predicted molar refractivity (Wildman–Crippen MR) is 61.6 cm³/mol. The zero-order chi connectivity index (χ0) is 9.68. The van der Waals surface area contributed by atoms with Gasteiger partial charge in [0.15, 0.2) is 5.82 Å². The van der Waals surface area contributed by atoms with Crippen molar-refractivity contribution in [1.82, 2.24) is 4.37 Å². The summed E-state index contributed by atoms with van der Waals surface area (Å²) in [6.07, 6.45) is 4.83. The number of anilines is 2. The topological polar surface area (TPSA) is 50.9 Å². The Labute approximate surface area is 86.6 Å². The summed E-state index contributed by atoms with van der Waals surface area (Å²) in [6.45, 7) is 4.55. The summed E-state index contributed by atoms with van der Waals surface area (Å²) in [7, 11) is 0. The molecule has 0 amide bonds. The molecule has 72 valence electrons. The van der Waals surface area contributed by atoms with Crippen LogP contribution in [-0.4, -0.2) is 17.2 Å². The molecule has 0 radical (unpaired) electrons. The maximum absolute atomic E-state index is 5.67. The van der Waals surface area contributed by atoms with Crippen molar-refractivity contribution in [2.24, 2.45) is 0 Å². The van der Waals surface area contributed by atoms with Crippen LogP contribution in [0.25, 0.3) is 0 Å². The maximum Gasteiger partial charge on any atom is 0.153 e. The van der Waals surface area contributed by atoms with E-state index >= 15 is 0 Å². The Kier molecular flexibility index (Phi) is 4.11. The third-order valence-electron chi connectivity index (χ3n) is 1.51. The quantitative estimate of drug-likeness (QED) is 0.450. The van der Waals surface area contributed by atoms with Crippen molar-refractivity contribution in [3.8, 4) is 0 Å². The Morgan fingerprint density at radius 3 is 3.15 bits per heavy atom. The number of thioether (sulfide) groups is 1. The average Bonchev–Trinajstić information content (AvgIpc) is 2.47. The van der Waals surface area contributed by atoms with Crippen LogP contribution in [0.3, 0.4) is 0 Å². The van der Waals surface area contributed by atoms with Crippen LogP contribution in [0.2, 0.25) is 0 Å². The van der Waals surface area contributed by atoms with Gasteiger partial charge in [-0.15, -0.1) is 18.3 Å². The molecule has 1 rings (SSSR count). The first-order chi connectivity index (χ1) is 6.29. The van der Waals surface area contributed by atoms with Crippen molar-refractivity contribution in [2.45, 2.75) is 11.3 Å². The van der Waals surface area contributed by atoms with E-state index in [0.717, 1.165) is 22.9 Å². The fraction of sp³-hybridized carbons (Fsp3) is 0.375. The van der Waals surface area contributed by atoms with Crippen LogP contribution in [0.1, 0.15) is 6.42 Å². The zero-order valence-electron chi connectivity index (χ0n) is 7.54. The van der Waals surface area contributed by atoms with E-state index < -0.39 is 0 Å². The highest BCUT2D eigenvalue weighted by molar-refractivity contribution is 7.99. The third-order valence-corrected chi connectivity index (χ3v) is 3.28. The Morgan fingerprint density at radius 1 is 1.77 bits per heavy atom. The number of hydrogen-bond donors (Lipinski definition) is 2. The summed E-state index contributed by atoms with van der Waals surface area (Å²) in [4.78, 5) is 1.05. The van der Waals surface area contributed by atoms with Crippen molar-refractivity contribution in [3.05, 3.63) is 12.7 Å². The number of nitrogens with one attached hydrogen (secondary N) is 1. The van der Waals surface area contributed by atoms with Crippen molar-refractivity contribution in [3.63, 3.8) is 0 Å². The molecular weight excluding hydrogens is 202 g/mol. The third kappa shape index (κ3) is 2.63. The van der Waals surface area contributed by atoms with Crippen LogP contribution in [-0.2, 0) is 0 Å². The summed E-state index contributed by atoms with van der Waals surface area (Å²) in [6, 6.07) is 0. The highest BCUT2D eigenvalue weighted by Crippen LogP contribution is 2.34. The van der Waals surface area contributed by atoms with Crippen molar-refractivity contribution < 1.29 is 0 Å². The van der Waals surface area contributed by atoms with Crippen LogP contribution in [0.15, 0.2) is 17.6 Å². The molecule has 0 atom stereocenters. The lowest BCUT2D eigenvalue weighted by atomic mass is 10.4. The van der Waals surface area contributed by atoms with E-state index in [1.165, 1.54) is 11.5 Å². The average molecular weight is 215 g/mol. The van der Waals surface area contributed by atoms with E-state index in [9.17, 15) is 0 Å². The monoisotopic (exact) mass is 215 g/mol. The molecule has 0 fully saturated rings. The van der Waals surface area contributed by atoms with Gasteiger partial charge < -0.3 is 11.1 Å². The number of hydrogen-bond acceptors (Lipinski definition) is 5. The Balaban J connectivity index is 2.59. The van der Waals surface area contributed by atoms with E-state index in [2.05, 4.69) is 16.3 Å². The van der Waals surface area contributed by atoms with E-state index in [0.29, 0.717) is 5.82 Å². The van der Waals surface area contributed by atoms with Gasteiger partial charge in [0.1, 0.15) is 5.00 Å². The van der Waals surface area contributed by atoms with Gasteiger partial charge in [0.25, 0.3) is 0 Å². The van der Waals surface area contributed by atoms with Crippen LogP contribution < -0.4 is 11.1 Å². The molecule has 0 saturated carbocycles. The number of nitrogens with zero attached hydrogens (tertiary/aromatic N) is 1. The fourth-order valence-electron chi connectivity index (χ4n) is 0.892. The lowest BCUT2D eigenvalue weighted by molar-refractivity contribution is 1.07. The lowest BCUT2D eigenvalue weighted by Crippen LogP contribution is -1.99. The van der Waals surface area contributed by atoms with E-state index in [1.807, 2.05) is 12.3 Å². The summed E-state index contributed by atoms with van der Waals surface area (Å²) in [5.41, 5.74) is 5.67. The molecular formula is C8H13N3S2. The standard InChI is InChI=1S/C8H13N3S2/c1-3-4-5-10-8-6(12-2)7(9)11-13-8/h3,10H,1,4-5H2,2H3,(H2,9,11). The van der Waals surface area contributed by atoms with Gasteiger partial charge in [-0.3, -0.25) is 0 Å². The van der Waals surface area contributed by atoms with Crippen LogP contribution >= 0.6 is 23.3 Å². The van der Waals surface area contributed by atoms with Crippen LogP contribution in [0.5, 0.6) is 0 Å². The van der Waals surface area contributed by atoms with Gasteiger partial charge in [-0.1, -0.05) is 6.08 Å². The molecule has 1 aromatic heterocycles. The van der Waals surface area contributed by atoms with Gasteiger partial charge >= 0.3 is 0 Å². The number of nitrogen functional groups attached to an aromatic ring is 1. The molecule has 1 heterocycles. The number of nitrogens with two attached hydrogens (primary N) is 1.